The van der Waals surface area contributed by atoms with E-state index in [1.807, 2.05) is 6.20 Å². The molecule has 120 valence electrons. The average Bonchev–Trinajstić information content (AvgIpc) is 2.75. The first-order valence-electron chi connectivity index (χ1n) is 8.65. The summed E-state index contributed by atoms with van der Waals surface area (Å²) in [4.78, 5) is 9.43. The van der Waals surface area contributed by atoms with Gasteiger partial charge in [-0.05, 0) is 37.8 Å². The topological polar surface area (TPSA) is 45.2 Å². The number of hydrogen-bond donors (Lipinski definition) is 0. The van der Waals surface area contributed by atoms with Crippen LogP contribution in [0.25, 0.3) is 0 Å². The molecule has 3 heterocycles. The summed E-state index contributed by atoms with van der Waals surface area (Å²) in [6, 6.07) is 8.89. The third kappa shape index (κ3) is 2.76. The Morgan fingerprint density at radius 3 is 2.65 bits per heavy atom. The lowest BCUT2D eigenvalue weighted by Crippen LogP contribution is -2.29. The fourth-order valence-corrected chi connectivity index (χ4v) is 3.71. The van der Waals surface area contributed by atoms with E-state index in [1.165, 1.54) is 36.9 Å². The molecule has 1 saturated heterocycles. The minimum atomic E-state index is 0.369. The van der Waals surface area contributed by atoms with Gasteiger partial charge in [0.25, 0.3) is 5.95 Å². The summed E-state index contributed by atoms with van der Waals surface area (Å²) in [6.45, 7) is 4.37. The van der Waals surface area contributed by atoms with Crippen LogP contribution in [0.15, 0.2) is 30.5 Å². The van der Waals surface area contributed by atoms with Gasteiger partial charge in [-0.15, -0.1) is 5.10 Å². The highest BCUT2D eigenvalue weighted by Gasteiger charge is 2.29. The van der Waals surface area contributed by atoms with Gasteiger partial charge in [0.2, 0.25) is 0 Å². The Hall–Kier alpha value is -2.17. The smallest absolute Gasteiger partial charge is 0.252 e. The average molecular weight is 309 g/mol. The van der Waals surface area contributed by atoms with Gasteiger partial charge in [-0.1, -0.05) is 31.0 Å². The van der Waals surface area contributed by atoms with Crippen molar-refractivity contribution in [2.24, 2.45) is 0 Å². The summed E-state index contributed by atoms with van der Waals surface area (Å²) in [6.07, 6.45) is 7.95. The standard InChI is InChI=1S/C18H23N5/c1-14-12-15-8-4-5-9-16(15)23(14)18-20-17(13-19-21-18)22-10-6-2-3-7-11-22/h4-5,8-9,13-14H,2-3,6-7,10-12H2,1H3. The summed E-state index contributed by atoms with van der Waals surface area (Å²) in [5, 5.41) is 8.57. The number of hydrogen-bond acceptors (Lipinski definition) is 5. The minimum absolute atomic E-state index is 0.369. The van der Waals surface area contributed by atoms with Gasteiger partial charge < -0.3 is 9.80 Å². The number of rotatable bonds is 2. The van der Waals surface area contributed by atoms with Crippen molar-refractivity contribution < 1.29 is 0 Å². The van der Waals surface area contributed by atoms with E-state index in [1.54, 1.807) is 0 Å². The molecule has 1 aromatic heterocycles. The lowest BCUT2D eigenvalue weighted by atomic mass is 10.1. The molecule has 1 unspecified atom stereocenters. The predicted molar refractivity (Wildman–Crippen MR) is 92.3 cm³/mol. The number of aromatic nitrogens is 3. The van der Waals surface area contributed by atoms with Crippen LogP contribution >= 0.6 is 0 Å². The molecule has 1 atom stereocenters. The molecular weight excluding hydrogens is 286 g/mol. The molecule has 5 heteroatoms. The Balaban J connectivity index is 1.66. The van der Waals surface area contributed by atoms with Gasteiger partial charge in [0, 0.05) is 24.8 Å². The molecule has 4 rings (SSSR count). The van der Waals surface area contributed by atoms with Crippen LogP contribution in [-0.2, 0) is 6.42 Å². The van der Waals surface area contributed by atoms with Crippen LogP contribution in [0, 0.1) is 0 Å². The highest BCUT2D eigenvalue weighted by molar-refractivity contribution is 5.67. The molecule has 0 bridgehead atoms. The van der Waals surface area contributed by atoms with Crippen LogP contribution < -0.4 is 9.80 Å². The van der Waals surface area contributed by atoms with Crippen molar-refractivity contribution in [1.82, 2.24) is 15.2 Å². The Morgan fingerprint density at radius 2 is 1.83 bits per heavy atom. The van der Waals surface area contributed by atoms with Gasteiger partial charge in [-0.3, -0.25) is 0 Å². The number of fused-ring (bicyclic) bond motifs is 1. The van der Waals surface area contributed by atoms with E-state index < -0.39 is 0 Å². The largest absolute Gasteiger partial charge is 0.355 e. The normalized spacial score (nSPS) is 21.2. The van der Waals surface area contributed by atoms with Gasteiger partial charge in [0.15, 0.2) is 5.82 Å². The van der Waals surface area contributed by atoms with Crippen LogP contribution in [0.4, 0.5) is 17.5 Å². The quantitative estimate of drug-likeness (QED) is 0.851. The highest BCUT2D eigenvalue weighted by Crippen LogP contribution is 2.36. The van der Waals surface area contributed by atoms with Gasteiger partial charge in [0.1, 0.15) is 0 Å². The molecule has 0 radical (unpaired) electrons. The van der Waals surface area contributed by atoms with Crippen LogP contribution in [0.2, 0.25) is 0 Å². The number of anilines is 3. The van der Waals surface area contributed by atoms with Crippen molar-refractivity contribution in [1.29, 1.82) is 0 Å². The first-order valence-corrected chi connectivity index (χ1v) is 8.65. The third-order valence-corrected chi connectivity index (χ3v) is 4.89. The second kappa shape index (κ2) is 6.14. The molecule has 2 aliphatic rings. The van der Waals surface area contributed by atoms with E-state index >= 15 is 0 Å². The predicted octanol–water partition coefficient (Wildman–Crippen LogP) is 3.33. The Kier molecular flexibility index (Phi) is 3.85. The van der Waals surface area contributed by atoms with Crippen molar-refractivity contribution in [2.75, 3.05) is 22.9 Å². The van der Waals surface area contributed by atoms with E-state index in [4.69, 9.17) is 4.98 Å². The summed E-state index contributed by atoms with van der Waals surface area (Å²) in [5.74, 6) is 1.69. The van der Waals surface area contributed by atoms with Gasteiger partial charge >= 0.3 is 0 Å². The number of benzene rings is 1. The molecule has 0 spiro atoms. The molecule has 5 nitrogen and oxygen atoms in total. The minimum Gasteiger partial charge on any atom is -0.355 e. The molecule has 1 fully saturated rings. The second-order valence-electron chi connectivity index (χ2n) is 6.57. The molecule has 2 aromatic rings. The molecule has 0 aliphatic carbocycles. The maximum atomic E-state index is 4.85. The van der Waals surface area contributed by atoms with Gasteiger partial charge in [0.05, 0.1) is 6.20 Å². The zero-order chi connectivity index (χ0) is 15.6. The molecule has 0 N–H and O–H groups in total. The summed E-state index contributed by atoms with van der Waals surface area (Å²) < 4.78 is 0. The molecule has 1 aromatic carbocycles. The monoisotopic (exact) mass is 309 g/mol. The van der Waals surface area contributed by atoms with Gasteiger partial charge in [-0.2, -0.15) is 10.1 Å². The first-order chi connectivity index (χ1) is 11.3. The van der Waals surface area contributed by atoms with Crippen molar-refractivity contribution >= 4 is 17.5 Å². The van der Waals surface area contributed by atoms with E-state index in [2.05, 4.69) is 51.2 Å². The maximum absolute atomic E-state index is 4.85. The Labute approximate surface area is 137 Å². The maximum Gasteiger partial charge on any atom is 0.252 e. The van der Waals surface area contributed by atoms with E-state index in [9.17, 15) is 0 Å². The molecule has 2 aliphatic heterocycles. The van der Waals surface area contributed by atoms with Gasteiger partial charge in [-0.25, -0.2) is 0 Å². The van der Waals surface area contributed by atoms with Crippen molar-refractivity contribution in [3.05, 3.63) is 36.0 Å². The SMILES string of the molecule is CC1Cc2ccccc2N1c1nncc(N2CCCCCC2)n1. The summed E-state index contributed by atoms with van der Waals surface area (Å²) in [7, 11) is 0. The molecule has 0 amide bonds. The van der Waals surface area contributed by atoms with E-state index in [-0.39, 0.29) is 0 Å². The van der Waals surface area contributed by atoms with E-state index in [0.29, 0.717) is 6.04 Å². The lowest BCUT2D eigenvalue weighted by molar-refractivity contribution is 0.718. The van der Waals surface area contributed by atoms with Crippen molar-refractivity contribution in [3.8, 4) is 0 Å². The number of para-hydroxylation sites is 1. The Morgan fingerprint density at radius 1 is 1.04 bits per heavy atom. The van der Waals surface area contributed by atoms with Crippen LogP contribution in [0.1, 0.15) is 38.2 Å². The molecule has 0 saturated carbocycles. The number of nitrogens with zero attached hydrogens (tertiary/aromatic N) is 5. The highest BCUT2D eigenvalue weighted by atomic mass is 15.4. The lowest BCUT2D eigenvalue weighted by Gasteiger charge is -2.25. The Bertz CT molecular complexity index is 679. The fraction of sp³-hybridized carbons (Fsp3) is 0.500. The fourth-order valence-electron chi connectivity index (χ4n) is 3.71. The van der Waals surface area contributed by atoms with Crippen molar-refractivity contribution in [2.45, 2.75) is 45.1 Å². The zero-order valence-electron chi connectivity index (χ0n) is 13.6. The second-order valence-corrected chi connectivity index (χ2v) is 6.57. The molecular formula is C18H23N5. The first kappa shape index (κ1) is 14.4. The van der Waals surface area contributed by atoms with Crippen LogP contribution in [0.5, 0.6) is 0 Å². The van der Waals surface area contributed by atoms with Crippen LogP contribution in [-0.4, -0.2) is 34.3 Å². The third-order valence-electron chi connectivity index (χ3n) is 4.89. The van der Waals surface area contributed by atoms with Crippen molar-refractivity contribution in [3.63, 3.8) is 0 Å². The molecule has 23 heavy (non-hydrogen) atoms. The zero-order valence-corrected chi connectivity index (χ0v) is 13.6. The van der Waals surface area contributed by atoms with E-state index in [0.717, 1.165) is 31.3 Å². The summed E-state index contributed by atoms with van der Waals surface area (Å²) in [5.41, 5.74) is 2.58. The summed E-state index contributed by atoms with van der Waals surface area (Å²) >= 11 is 0. The van der Waals surface area contributed by atoms with Crippen LogP contribution in [0.3, 0.4) is 0 Å².